The largest absolute Gasteiger partial charge is 0.481 e. The van der Waals surface area contributed by atoms with Crippen LogP contribution in [0.25, 0.3) is 10.9 Å². The third-order valence-electron chi connectivity index (χ3n) is 3.92. The van der Waals surface area contributed by atoms with Gasteiger partial charge in [-0.2, -0.15) is 0 Å². The summed E-state index contributed by atoms with van der Waals surface area (Å²) in [5.74, 6) is -3.07. The molecule has 1 amide bonds. The second-order valence-electron chi connectivity index (χ2n) is 5.76. The summed E-state index contributed by atoms with van der Waals surface area (Å²) in [7, 11) is 1.71. The molecule has 0 aliphatic heterocycles. The summed E-state index contributed by atoms with van der Waals surface area (Å²) < 4.78 is 29.2. The van der Waals surface area contributed by atoms with Gasteiger partial charge in [0, 0.05) is 29.7 Å². The van der Waals surface area contributed by atoms with E-state index in [0.717, 1.165) is 12.1 Å². The van der Waals surface area contributed by atoms with Crippen molar-refractivity contribution < 1.29 is 23.5 Å². The van der Waals surface area contributed by atoms with Gasteiger partial charge in [0.1, 0.15) is 11.6 Å². The van der Waals surface area contributed by atoms with Gasteiger partial charge in [-0.3, -0.25) is 9.59 Å². The molecule has 0 saturated heterocycles. The lowest BCUT2D eigenvalue weighted by Crippen LogP contribution is -2.13. The molecule has 26 heavy (non-hydrogen) atoms. The molecule has 0 fully saturated rings. The molecule has 134 valence electrons. The molecular weight excluding hydrogens is 366 g/mol. The molecule has 8 heteroatoms. The molecule has 2 N–H and O–H groups in total. The molecule has 0 spiro atoms. The zero-order chi connectivity index (χ0) is 19.0. The predicted octanol–water partition coefficient (Wildman–Crippen LogP) is 3.99. The van der Waals surface area contributed by atoms with Crippen molar-refractivity contribution in [1.29, 1.82) is 0 Å². The van der Waals surface area contributed by atoms with Crippen molar-refractivity contribution in [3.8, 4) is 0 Å². The molecule has 0 bridgehead atoms. The summed E-state index contributed by atoms with van der Waals surface area (Å²) in [5.41, 5.74) is 0.767. The number of aryl methyl sites for hydroxylation is 1. The summed E-state index contributed by atoms with van der Waals surface area (Å²) >= 11 is 6.03. The van der Waals surface area contributed by atoms with Gasteiger partial charge in [0.2, 0.25) is 0 Å². The first kappa shape index (κ1) is 17.9. The summed E-state index contributed by atoms with van der Waals surface area (Å²) in [5, 5.41) is 11.6. The number of nitrogens with zero attached hydrogens (tertiary/aromatic N) is 1. The Labute approximate surface area is 151 Å². The van der Waals surface area contributed by atoms with Crippen molar-refractivity contribution in [3.05, 3.63) is 64.3 Å². The quantitative estimate of drug-likeness (QED) is 0.721. The number of aromatic nitrogens is 1. The fourth-order valence-electron chi connectivity index (χ4n) is 2.72. The Bertz CT molecular complexity index is 1050. The molecule has 0 radical (unpaired) electrons. The van der Waals surface area contributed by atoms with Crippen molar-refractivity contribution in [2.24, 2.45) is 7.05 Å². The Kier molecular flexibility index (Phi) is 4.65. The smallest absolute Gasteiger partial charge is 0.307 e. The zero-order valence-electron chi connectivity index (χ0n) is 13.5. The van der Waals surface area contributed by atoms with Gasteiger partial charge in [0.25, 0.3) is 5.91 Å². The minimum absolute atomic E-state index is 0.00224. The second-order valence-corrected chi connectivity index (χ2v) is 6.17. The Morgan fingerprint density at radius 1 is 1.23 bits per heavy atom. The van der Waals surface area contributed by atoms with Crippen LogP contribution in [0, 0.1) is 11.6 Å². The number of carbonyl (C=O) groups excluding carboxylic acids is 1. The van der Waals surface area contributed by atoms with Gasteiger partial charge >= 0.3 is 5.97 Å². The summed E-state index contributed by atoms with van der Waals surface area (Å²) in [6.07, 6.45) is 1.00. The molecule has 3 rings (SSSR count). The van der Waals surface area contributed by atoms with E-state index in [-0.39, 0.29) is 21.8 Å². The van der Waals surface area contributed by atoms with Crippen molar-refractivity contribution >= 4 is 40.1 Å². The summed E-state index contributed by atoms with van der Waals surface area (Å²) in [6, 6.07) is 6.20. The van der Waals surface area contributed by atoms with Crippen LogP contribution < -0.4 is 5.32 Å². The van der Waals surface area contributed by atoms with E-state index in [2.05, 4.69) is 5.32 Å². The highest BCUT2D eigenvalue weighted by Gasteiger charge is 2.18. The summed E-state index contributed by atoms with van der Waals surface area (Å²) in [6.45, 7) is 0. The highest BCUT2D eigenvalue weighted by atomic mass is 35.5. The van der Waals surface area contributed by atoms with Crippen LogP contribution in [0.5, 0.6) is 0 Å². The number of carbonyl (C=O) groups is 2. The van der Waals surface area contributed by atoms with Crippen LogP contribution in [0.4, 0.5) is 14.5 Å². The standard InChI is InChI=1S/C18H13ClF2N2O3/c1-23-8-12(11-6-10(20)2-3-16(11)23)18(26)22-15-7-14(21)9(4-13(15)19)5-17(24)25/h2-4,6-8H,5H2,1H3,(H,22,26)(H,24,25). The van der Waals surface area contributed by atoms with Crippen LogP contribution in [0.2, 0.25) is 5.02 Å². The van der Waals surface area contributed by atoms with Crippen LogP contribution in [-0.4, -0.2) is 21.6 Å². The average Bonchev–Trinajstić information content (AvgIpc) is 2.88. The minimum atomic E-state index is -1.20. The number of hydrogen-bond acceptors (Lipinski definition) is 2. The lowest BCUT2D eigenvalue weighted by atomic mass is 10.1. The SMILES string of the molecule is Cn1cc(C(=O)Nc2cc(F)c(CC(=O)O)cc2Cl)c2cc(F)ccc21. The number of halogens is 3. The number of fused-ring (bicyclic) bond motifs is 1. The number of benzene rings is 2. The Morgan fingerprint density at radius 2 is 1.96 bits per heavy atom. The number of nitrogens with one attached hydrogen (secondary N) is 1. The molecule has 0 unspecified atom stereocenters. The van der Waals surface area contributed by atoms with E-state index in [1.165, 1.54) is 18.3 Å². The van der Waals surface area contributed by atoms with E-state index < -0.39 is 29.9 Å². The first-order valence-corrected chi connectivity index (χ1v) is 7.89. The van der Waals surface area contributed by atoms with E-state index in [4.69, 9.17) is 16.7 Å². The number of carboxylic acids is 1. The molecule has 0 aliphatic carbocycles. The number of anilines is 1. The number of carboxylic acid groups (broad SMARTS) is 1. The van der Waals surface area contributed by atoms with Crippen molar-refractivity contribution in [2.45, 2.75) is 6.42 Å². The van der Waals surface area contributed by atoms with E-state index in [9.17, 15) is 18.4 Å². The predicted molar refractivity (Wildman–Crippen MR) is 93.6 cm³/mol. The Balaban J connectivity index is 1.95. The van der Waals surface area contributed by atoms with Gasteiger partial charge in [-0.15, -0.1) is 0 Å². The second kappa shape index (κ2) is 6.76. The first-order valence-electron chi connectivity index (χ1n) is 7.52. The molecule has 3 aromatic rings. The zero-order valence-corrected chi connectivity index (χ0v) is 14.3. The van der Waals surface area contributed by atoms with Crippen LogP contribution >= 0.6 is 11.6 Å². The van der Waals surface area contributed by atoms with Gasteiger partial charge in [-0.25, -0.2) is 8.78 Å². The molecule has 2 aromatic carbocycles. The fraction of sp³-hybridized carbons (Fsp3) is 0.111. The molecule has 0 atom stereocenters. The maximum Gasteiger partial charge on any atom is 0.307 e. The lowest BCUT2D eigenvalue weighted by molar-refractivity contribution is -0.136. The van der Waals surface area contributed by atoms with Gasteiger partial charge in [0.15, 0.2) is 0 Å². The average molecular weight is 379 g/mol. The lowest BCUT2D eigenvalue weighted by Gasteiger charge is -2.09. The van der Waals surface area contributed by atoms with Crippen LogP contribution in [0.15, 0.2) is 36.5 Å². The van der Waals surface area contributed by atoms with Crippen LogP contribution in [0.1, 0.15) is 15.9 Å². The number of aliphatic carboxylic acids is 1. The van der Waals surface area contributed by atoms with Crippen molar-refractivity contribution in [3.63, 3.8) is 0 Å². The van der Waals surface area contributed by atoms with E-state index in [1.54, 1.807) is 17.7 Å². The summed E-state index contributed by atoms with van der Waals surface area (Å²) in [4.78, 5) is 23.3. The molecule has 0 saturated carbocycles. The molecule has 1 heterocycles. The number of rotatable bonds is 4. The number of amides is 1. The van der Waals surface area contributed by atoms with E-state index in [0.29, 0.717) is 10.9 Å². The minimum Gasteiger partial charge on any atom is -0.481 e. The van der Waals surface area contributed by atoms with Gasteiger partial charge in [0.05, 0.1) is 22.7 Å². The highest BCUT2D eigenvalue weighted by Crippen LogP contribution is 2.28. The van der Waals surface area contributed by atoms with Crippen LogP contribution in [0.3, 0.4) is 0 Å². The Morgan fingerprint density at radius 3 is 2.65 bits per heavy atom. The van der Waals surface area contributed by atoms with Crippen molar-refractivity contribution in [2.75, 3.05) is 5.32 Å². The maximum absolute atomic E-state index is 14.0. The number of hydrogen-bond donors (Lipinski definition) is 2. The Hall–Kier alpha value is -2.93. The van der Waals surface area contributed by atoms with Crippen LogP contribution in [-0.2, 0) is 18.3 Å². The molecular formula is C18H13ClF2N2O3. The third-order valence-corrected chi connectivity index (χ3v) is 4.23. The molecule has 1 aromatic heterocycles. The maximum atomic E-state index is 14.0. The van der Waals surface area contributed by atoms with E-state index >= 15 is 0 Å². The van der Waals surface area contributed by atoms with Gasteiger partial charge in [-0.05, 0) is 30.3 Å². The van der Waals surface area contributed by atoms with Crippen molar-refractivity contribution in [1.82, 2.24) is 4.57 Å². The monoisotopic (exact) mass is 378 g/mol. The first-order chi connectivity index (χ1) is 12.3. The van der Waals surface area contributed by atoms with E-state index in [1.807, 2.05) is 0 Å². The molecule has 0 aliphatic rings. The topological polar surface area (TPSA) is 71.3 Å². The van der Waals surface area contributed by atoms with Gasteiger partial charge < -0.3 is 15.0 Å². The molecule has 5 nitrogen and oxygen atoms in total. The normalized spacial score (nSPS) is 10.9. The van der Waals surface area contributed by atoms with Gasteiger partial charge in [-0.1, -0.05) is 11.6 Å². The third kappa shape index (κ3) is 3.39. The highest BCUT2D eigenvalue weighted by molar-refractivity contribution is 6.34. The fourth-order valence-corrected chi connectivity index (χ4v) is 2.95.